The third-order valence-corrected chi connectivity index (χ3v) is 4.52. The van der Waals surface area contributed by atoms with Crippen molar-refractivity contribution in [2.24, 2.45) is 5.10 Å². The van der Waals surface area contributed by atoms with Gasteiger partial charge in [-0.3, -0.25) is 5.43 Å². The maximum atomic E-state index is 13.5. The second-order valence-corrected chi connectivity index (χ2v) is 6.36. The van der Waals surface area contributed by atoms with E-state index in [1.807, 2.05) is 54.6 Å². The van der Waals surface area contributed by atoms with Crippen LogP contribution in [0.1, 0.15) is 21.6 Å². The number of nitrogens with zero attached hydrogens (tertiary/aromatic N) is 1. The fraction of sp³-hybridized carbons (Fsp3) is 0.0435. The first-order valence-electron chi connectivity index (χ1n) is 9.01. The minimum atomic E-state index is -0.480. The number of hydrogen-bond donors (Lipinski definition) is 2. The first-order chi connectivity index (χ1) is 14.2. The van der Waals surface area contributed by atoms with E-state index in [2.05, 4.69) is 15.5 Å². The lowest BCUT2D eigenvalue weighted by Crippen LogP contribution is -2.13. The van der Waals surface area contributed by atoms with E-state index in [4.69, 9.17) is 4.74 Å². The van der Waals surface area contributed by atoms with Crippen LogP contribution < -0.4 is 5.43 Å². The van der Waals surface area contributed by atoms with Crippen molar-refractivity contribution in [1.29, 1.82) is 0 Å². The number of anilines is 1. The Morgan fingerprint density at radius 3 is 2.38 bits per heavy atom. The zero-order valence-corrected chi connectivity index (χ0v) is 15.6. The van der Waals surface area contributed by atoms with Crippen LogP contribution in [-0.4, -0.2) is 23.8 Å². The zero-order chi connectivity index (χ0) is 20.2. The van der Waals surface area contributed by atoms with Crippen molar-refractivity contribution in [1.82, 2.24) is 4.98 Å². The van der Waals surface area contributed by atoms with E-state index in [0.717, 1.165) is 16.6 Å². The van der Waals surface area contributed by atoms with Crippen LogP contribution in [0.25, 0.3) is 10.9 Å². The first kappa shape index (κ1) is 18.4. The molecule has 0 atom stereocenters. The van der Waals surface area contributed by atoms with Crippen molar-refractivity contribution in [2.75, 3.05) is 12.5 Å². The highest BCUT2D eigenvalue weighted by molar-refractivity contribution is 6.21. The normalized spacial score (nSPS) is 11.4. The lowest BCUT2D eigenvalue weighted by molar-refractivity contribution is 0.0603. The van der Waals surface area contributed by atoms with E-state index < -0.39 is 5.97 Å². The van der Waals surface area contributed by atoms with Crippen molar-refractivity contribution in [3.63, 3.8) is 0 Å². The Labute approximate surface area is 166 Å². The van der Waals surface area contributed by atoms with Gasteiger partial charge in [0.05, 0.1) is 24.1 Å². The fourth-order valence-electron chi connectivity index (χ4n) is 3.14. The number of aromatic amines is 1. The topological polar surface area (TPSA) is 66.5 Å². The van der Waals surface area contributed by atoms with Crippen LogP contribution in [0.5, 0.6) is 0 Å². The average molecular weight is 387 g/mol. The van der Waals surface area contributed by atoms with Gasteiger partial charge in [-0.2, -0.15) is 5.10 Å². The summed E-state index contributed by atoms with van der Waals surface area (Å²) in [7, 11) is 1.34. The summed E-state index contributed by atoms with van der Waals surface area (Å²) in [6, 6.07) is 22.8. The van der Waals surface area contributed by atoms with Crippen LogP contribution in [-0.2, 0) is 4.74 Å². The molecule has 0 aliphatic rings. The monoisotopic (exact) mass is 387 g/mol. The molecule has 4 aromatic rings. The predicted octanol–water partition coefficient (Wildman–Crippen LogP) is 4.96. The summed E-state index contributed by atoms with van der Waals surface area (Å²) in [4.78, 5) is 15.9. The maximum Gasteiger partial charge on any atom is 0.340 e. The van der Waals surface area contributed by atoms with E-state index in [1.54, 1.807) is 12.1 Å². The Morgan fingerprint density at radius 1 is 0.966 bits per heavy atom. The van der Waals surface area contributed by atoms with Gasteiger partial charge >= 0.3 is 5.97 Å². The number of rotatable bonds is 5. The van der Waals surface area contributed by atoms with Crippen LogP contribution in [0, 0.1) is 5.82 Å². The number of carbonyl (C=O) groups excluding carboxylic acids is 1. The highest BCUT2D eigenvalue weighted by atomic mass is 19.1. The van der Waals surface area contributed by atoms with Crippen LogP contribution >= 0.6 is 0 Å². The molecule has 0 bridgehead atoms. The van der Waals surface area contributed by atoms with Crippen molar-refractivity contribution in [2.45, 2.75) is 0 Å². The summed E-state index contributed by atoms with van der Waals surface area (Å²) in [5.74, 6) is -0.832. The number of aromatic nitrogens is 1. The SMILES string of the molecule is COC(=O)c1c(/C(=N/Nc2ccccc2)c2ccc(F)cc2)[nH]c2ccccc12. The van der Waals surface area contributed by atoms with Crippen molar-refractivity contribution in [3.05, 3.63) is 102 Å². The molecule has 3 aromatic carbocycles. The number of methoxy groups -OCH3 is 1. The molecule has 0 aliphatic carbocycles. The minimum Gasteiger partial charge on any atom is -0.465 e. The van der Waals surface area contributed by atoms with Crippen molar-refractivity contribution >= 4 is 28.3 Å². The molecule has 6 heteroatoms. The maximum absolute atomic E-state index is 13.5. The van der Waals surface area contributed by atoms with E-state index >= 15 is 0 Å². The van der Waals surface area contributed by atoms with Gasteiger partial charge in [0.2, 0.25) is 0 Å². The van der Waals surface area contributed by atoms with E-state index in [1.165, 1.54) is 19.2 Å². The van der Waals surface area contributed by atoms with Gasteiger partial charge in [0.1, 0.15) is 11.5 Å². The predicted molar refractivity (Wildman–Crippen MR) is 112 cm³/mol. The van der Waals surface area contributed by atoms with E-state index in [0.29, 0.717) is 22.5 Å². The molecule has 0 saturated heterocycles. The van der Waals surface area contributed by atoms with Gasteiger partial charge in [0, 0.05) is 16.5 Å². The molecular formula is C23H18FN3O2. The molecule has 0 unspecified atom stereocenters. The molecule has 0 amide bonds. The highest BCUT2D eigenvalue weighted by Gasteiger charge is 2.23. The van der Waals surface area contributed by atoms with Gasteiger partial charge in [-0.1, -0.05) is 36.4 Å². The second-order valence-electron chi connectivity index (χ2n) is 6.36. The minimum absolute atomic E-state index is 0.353. The molecular weight excluding hydrogens is 369 g/mol. The number of para-hydroxylation sites is 2. The summed E-state index contributed by atoms with van der Waals surface area (Å²) in [6.45, 7) is 0. The molecule has 0 saturated carbocycles. The van der Waals surface area contributed by atoms with Crippen LogP contribution in [0.3, 0.4) is 0 Å². The number of hydrogen-bond acceptors (Lipinski definition) is 4. The lowest BCUT2D eigenvalue weighted by atomic mass is 10.0. The third kappa shape index (κ3) is 3.73. The summed E-state index contributed by atoms with van der Waals surface area (Å²) < 4.78 is 18.5. The lowest BCUT2D eigenvalue weighted by Gasteiger charge is -2.09. The van der Waals surface area contributed by atoms with Crippen LogP contribution in [0.4, 0.5) is 10.1 Å². The van der Waals surface area contributed by atoms with Crippen molar-refractivity contribution < 1.29 is 13.9 Å². The Bertz CT molecular complexity index is 1180. The molecule has 0 spiro atoms. The number of fused-ring (bicyclic) bond motifs is 1. The number of nitrogens with one attached hydrogen (secondary N) is 2. The van der Waals surface area contributed by atoms with Gasteiger partial charge in [-0.25, -0.2) is 9.18 Å². The van der Waals surface area contributed by atoms with Gasteiger partial charge in [-0.15, -0.1) is 0 Å². The smallest absolute Gasteiger partial charge is 0.340 e. The summed E-state index contributed by atoms with van der Waals surface area (Å²) >= 11 is 0. The van der Waals surface area contributed by atoms with Crippen LogP contribution in [0.2, 0.25) is 0 Å². The number of benzene rings is 3. The van der Waals surface area contributed by atoms with E-state index in [-0.39, 0.29) is 5.82 Å². The van der Waals surface area contributed by atoms with Crippen LogP contribution in [0.15, 0.2) is 84.0 Å². The number of halogens is 1. The fourth-order valence-corrected chi connectivity index (χ4v) is 3.14. The van der Waals surface area contributed by atoms with Gasteiger partial charge < -0.3 is 9.72 Å². The molecule has 4 rings (SSSR count). The largest absolute Gasteiger partial charge is 0.465 e. The summed E-state index contributed by atoms with van der Waals surface area (Å²) in [5, 5.41) is 5.27. The number of H-pyrrole nitrogens is 1. The Kier molecular flexibility index (Phi) is 5.07. The highest BCUT2D eigenvalue weighted by Crippen LogP contribution is 2.26. The second kappa shape index (κ2) is 7.98. The molecule has 0 radical (unpaired) electrons. The molecule has 29 heavy (non-hydrogen) atoms. The molecule has 1 heterocycles. The van der Waals surface area contributed by atoms with E-state index in [9.17, 15) is 9.18 Å². The molecule has 144 valence electrons. The molecule has 0 aliphatic heterocycles. The number of hydrazone groups is 1. The molecule has 2 N–H and O–H groups in total. The van der Waals surface area contributed by atoms with Crippen molar-refractivity contribution in [3.8, 4) is 0 Å². The first-order valence-corrected chi connectivity index (χ1v) is 9.01. The number of carbonyl (C=O) groups is 1. The number of esters is 1. The molecule has 1 aromatic heterocycles. The average Bonchev–Trinajstić information content (AvgIpc) is 3.14. The quantitative estimate of drug-likeness (QED) is 0.289. The summed E-state index contributed by atoms with van der Waals surface area (Å²) in [5.41, 5.74) is 6.54. The Balaban J connectivity index is 1.91. The molecule has 5 nitrogen and oxygen atoms in total. The van der Waals surface area contributed by atoms with Gasteiger partial charge in [-0.05, 0) is 42.5 Å². The number of ether oxygens (including phenoxy) is 1. The Hall–Kier alpha value is -3.93. The van der Waals surface area contributed by atoms with Gasteiger partial charge in [0.15, 0.2) is 0 Å². The standard InChI is InChI=1S/C23H18FN3O2/c1-29-23(28)20-18-9-5-6-10-19(18)25-22(20)21(15-11-13-16(24)14-12-15)27-26-17-7-3-2-4-8-17/h2-14,25-26H,1H3/b27-21+. The Morgan fingerprint density at radius 2 is 1.66 bits per heavy atom. The third-order valence-electron chi connectivity index (χ3n) is 4.52. The zero-order valence-electron chi connectivity index (χ0n) is 15.6. The van der Waals surface area contributed by atoms with Gasteiger partial charge in [0.25, 0.3) is 0 Å². The summed E-state index contributed by atoms with van der Waals surface area (Å²) in [6.07, 6.45) is 0. The molecule has 0 fully saturated rings.